The second-order valence-corrected chi connectivity index (χ2v) is 3.33. The van der Waals surface area contributed by atoms with E-state index >= 15 is 0 Å². The Kier molecular flexibility index (Phi) is 2.00. The average Bonchev–Trinajstić information content (AvgIpc) is 2.62. The van der Waals surface area contributed by atoms with E-state index in [0.717, 1.165) is 16.6 Å². The summed E-state index contributed by atoms with van der Waals surface area (Å²) >= 11 is 0. The van der Waals surface area contributed by atoms with Crippen LogP contribution in [0.1, 0.15) is 6.92 Å². The van der Waals surface area contributed by atoms with Gasteiger partial charge in [0.25, 0.3) is 0 Å². The zero-order valence-corrected chi connectivity index (χ0v) is 8.24. The van der Waals surface area contributed by atoms with Crippen molar-refractivity contribution in [1.29, 1.82) is 0 Å². The van der Waals surface area contributed by atoms with Crippen LogP contribution in [0, 0.1) is 0 Å². The van der Waals surface area contributed by atoms with Crippen LogP contribution >= 0.6 is 0 Å². The fourth-order valence-corrected chi connectivity index (χ4v) is 1.43. The van der Waals surface area contributed by atoms with Crippen LogP contribution in [-0.4, -0.2) is 17.9 Å². The number of carbonyl (C=O) groups is 1. The molecule has 0 aliphatic rings. The Bertz CT molecular complexity index is 473. The third kappa shape index (κ3) is 1.37. The van der Waals surface area contributed by atoms with Crippen LogP contribution < -0.4 is 4.90 Å². The maximum absolute atomic E-state index is 11.1. The number of aromatic amines is 1. The molecule has 1 aromatic carbocycles. The minimum Gasteiger partial charge on any atom is -0.361 e. The third-order valence-electron chi connectivity index (χ3n) is 2.40. The molecule has 72 valence electrons. The quantitative estimate of drug-likeness (QED) is 0.731. The number of carbonyl (C=O) groups excluding carboxylic acids is 1. The molecule has 0 saturated heterocycles. The van der Waals surface area contributed by atoms with Gasteiger partial charge in [-0.2, -0.15) is 0 Å². The Labute approximate surface area is 82.3 Å². The summed E-state index contributed by atoms with van der Waals surface area (Å²) in [7, 11) is 1.77. The van der Waals surface area contributed by atoms with E-state index in [0.29, 0.717) is 0 Å². The van der Waals surface area contributed by atoms with Gasteiger partial charge in [0, 0.05) is 31.4 Å². The summed E-state index contributed by atoms with van der Waals surface area (Å²) in [6.45, 7) is 1.55. The van der Waals surface area contributed by atoms with Crippen molar-refractivity contribution in [2.24, 2.45) is 0 Å². The summed E-state index contributed by atoms with van der Waals surface area (Å²) in [4.78, 5) is 15.9. The van der Waals surface area contributed by atoms with E-state index in [2.05, 4.69) is 4.98 Å². The van der Waals surface area contributed by atoms with Gasteiger partial charge in [0.2, 0.25) is 5.91 Å². The highest BCUT2D eigenvalue weighted by Crippen LogP contribution is 2.20. The molecule has 1 amide bonds. The molecule has 0 spiro atoms. The minimum absolute atomic E-state index is 0.0379. The van der Waals surface area contributed by atoms with Crippen LogP contribution in [0.25, 0.3) is 10.9 Å². The highest BCUT2D eigenvalue weighted by Gasteiger charge is 2.05. The highest BCUT2D eigenvalue weighted by molar-refractivity contribution is 5.93. The molecule has 0 unspecified atom stereocenters. The molecular weight excluding hydrogens is 176 g/mol. The predicted molar refractivity (Wildman–Crippen MR) is 57.4 cm³/mol. The molecule has 0 radical (unpaired) electrons. The van der Waals surface area contributed by atoms with Gasteiger partial charge in [-0.1, -0.05) is 6.07 Å². The van der Waals surface area contributed by atoms with Gasteiger partial charge in [0.05, 0.1) is 0 Å². The Hall–Kier alpha value is -1.77. The summed E-state index contributed by atoms with van der Waals surface area (Å²) in [6.07, 6.45) is 1.89. The summed E-state index contributed by atoms with van der Waals surface area (Å²) in [5.41, 5.74) is 1.96. The van der Waals surface area contributed by atoms with Crippen LogP contribution in [0.4, 0.5) is 5.69 Å². The predicted octanol–water partition coefficient (Wildman–Crippen LogP) is 2.15. The van der Waals surface area contributed by atoms with E-state index in [4.69, 9.17) is 0 Å². The van der Waals surface area contributed by atoms with Gasteiger partial charge in [-0.25, -0.2) is 0 Å². The first-order valence-electron chi connectivity index (χ1n) is 4.50. The fraction of sp³-hybridized carbons (Fsp3) is 0.182. The Morgan fingerprint density at radius 3 is 2.86 bits per heavy atom. The first kappa shape index (κ1) is 8.81. The Morgan fingerprint density at radius 2 is 2.14 bits per heavy atom. The second-order valence-electron chi connectivity index (χ2n) is 3.33. The maximum Gasteiger partial charge on any atom is 0.223 e. The second kappa shape index (κ2) is 3.18. The number of nitrogens with one attached hydrogen (secondary N) is 1. The SMILES string of the molecule is CC(=O)N(C)c1ccc2cc[nH]c2c1. The zero-order valence-electron chi connectivity index (χ0n) is 8.24. The molecule has 2 rings (SSSR count). The van der Waals surface area contributed by atoms with Crippen molar-refractivity contribution in [3.05, 3.63) is 30.5 Å². The minimum atomic E-state index is 0.0379. The highest BCUT2D eigenvalue weighted by atomic mass is 16.2. The molecule has 3 nitrogen and oxygen atoms in total. The van der Waals surface area contributed by atoms with Crippen molar-refractivity contribution in [2.45, 2.75) is 6.92 Å². The summed E-state index contributed by atoms with van der Waals surface area (Å²) in [5.74, 6) is 0.0379. The van der Waals surface area contributed by atoms with E-state index in [1.54, 1.807) is 18.9 Å². The number of nitrogens with zero attached hydrogens (tertiary/aromatic N) is 1. The van der Waals surface area contributed by atoms with Gasteiger partial charge in [-0.05, 0) is 23.6 Å². The normalized spacial score (nSPS) is 10.4. The molecular formula is C11H12N2O. The van der Waals surface area contributed by atoms with Gasteiger partial charge in [0.15, 0.2) is 0 Å². The first-order valence-corrected chi connectivity index (χ1v) is 4.50. The molecule has 0 atom stereocenters. The monoisotopic (exact) mass is 188 g/mol. The largest absolute Gasteiger partial charge is 0.361 e. The summed E-state index contributed by atoms with van der Waals surface area (Å²) < 4.78 is 0. The zero-order chi connectivity index (χ0) is 10.1. The topological polar surface area (TPSA) is 36.1 Å². The molecule has 0 bridgehead atoms. The van der Waals surface area contributed by atoms with Crippen molar-refractivity contribution in [1.82, 2.24) is 4.98 Å². The first-order chi connectivity index (χ1) is 6.68. The lowest BCUT2D eigenvalue weighted by Crippen LogP contribution is -2.22. The fourth-order valence-electron chi connectivity index (χ4n) is 1.43. The molecule has 1 N–H and O–H groups in total. The number of anilines is 1. The molecule has 0 saturated carbocycles. The number of aromatic nitrogens is 1. The number of benzene rings is 1. The lowest BCUT2D eigenvalue weighted by atomic mass is 10.2. The van der Waals surface area contributed by atoms with Gasteiger partial charge >= 0.3 is 0 Å². The van der Waals surface area contributed by atoms with Gasteiger partial charge in [-0.3, -0.25) is 4.79 Å². The number of fused-ring (bicyclic) bond motifs is 1. The average molecular weight is 188 g/mol. The number of rotatable bonds is 1. The summed E-state index contributed by atoms with van der Waals surface area (Å²) in [5, 5.41) is 1.16. The Balaban J connectivity index is 2.48. The lowest BCUT2D eigenvalue weighted by Gasteiger charge is -2.14. The maximum atomic E-state index is 11.1. The smallest absolute Gasteiger partial charge is 0.223 e. The number of amides is 1. The van der Waals surface area contributed by atoms with Crippen molar-refractivity contribution in [3.63, 3.8) is 0 Å². The number of hydrogen-bond acceptors (Lipinski definition) is 1. The molecule has 3 heteroatoms. The van der Waals surface area contributed by atoms with Crippen LogP contribution in [0.15, 0.2) is 30.5 Å². The van der Waals surface area contributed by atoms with Crippen molar-refractivity contribution in [2.75, 3.05) is 11.9 Å². The molecule has 0 aliphatic heterocycles. The molecule has 2 aromatic rings. The van der Waals surface area contributed by atoms with E-state index in [9.17, 15) is 4.79 Å². The lowest BCUT2D eigenvalue weighted by molar-refractivity contribution is -0.116. The molecule has 1 heterocycles. The van der Waals surface area contributed by atoms with Crippen molar-refractivity contribution < 1.29 is 4.79 Å². The van der Waals surface area contributed by atoms with Crippen LogP contribution in [0.3, 0.4) is 0 Å². The number of hydrogen-bond donors (Lipinski definition) is 1. The van der Waals surface area contributed by atoms with Gasteiger partial charge < -0.3 is 9.88 Å². The molecule has 14 heavy (non-hydrogen) atoms. The molecule has 0 fully saturated rings. The number of H-pyrrole nitrogens is 1. The third-order valence-corrected chi connectivity index (χ3v) is 2.40. The van der Waals surface area contributed by atoms with E-state index < -0.39 is 0 Å². The van der Waals surface area contributed by atoms with Crippen molar-refractivity contribution in [3.8, 4) is 0 Å². The summed E-state index contributed by atoms with van der Waals surface area (Å²) in [6, 6.07) is 7.92. The van der Waals surface area contributed by atoms with Crippen LogP contribution in [0.2, 0.25) is 0 Å². The molecule has 1 aromatic heterocycles. The van der Waals surface area contributed by atoms with E-state index in [1.165, 1.54) is 0 Å². The van der Waals surface area contributed by atoms with Crippen molar-refractivity contribution >= 4 is 22.5 Å². The molecule has 0 aliphatic carbocycles. The van der Waals surface area contributed by atoms with Crippen LogP contribution in [-0.2, 0) is 4.79 Å². The standard InChI is InChI=1S/C11H12N2O/c1-8(14)13(2)10-4-3-9-5-6-12-11(9)7-10/h3-7,12H,1-2H3. The van der Waals surface area contributed by atoms with Crippen LogP contribution in [0.5, 0.6) is 0 Å². The van der Waals surface area contributed by atoms with E-state index in [1.807, 2.05) is 30.5 Å². The Morgan fingerprint density at radius 1 is 1.36 bits per heavy atom. The van der Waals surface area contributed by atoms with Gasteiger partial charge in [0.1, 0.15) is 0 Å². The van der Waals surface area contributed by atoms with E-state index in [-0.39, 0.29) is 5.91 Å². The van der Waals surface area contributed by atoms with Gasteiger partial charge in [-0.15, -0.1) is 0 Å².